The molecule has 2 fully saturated rings. The Morgan fingerprint density at radius 3 is 2.62 bits per heavy atom. The molecule has 4 heterocycles. The molecule has 0 spiro atoms. The highest BCUT2D eigenvalue weighted by molar-refractivity contribution is 5.79. The molecule has 0 radical (unpaired) electrons. The fraction of sp³-hybridized carbons (Fsp3) is 0.333. The minimum absolute atomic E-state index is 0.204. The lowest BCUT2D eigenvalue weighted by molar-refractivity contribution is -0.119. The van der Waals surface area contributed by atoms with Gasteiger partial charge in [0.1, 0.15) is 0 Å². The summed E-state index contributed by atoms with van der Waals surface area (Å²) in [6, 6.07) is 6.62. The number of amides is 1. The molecule has 1 saturated carbocycles. The number of pyridine rings is 2. The quantitative estimate of drug-likeness (QED) is 0.787. The van der Waals surface area contributed by atoms with E-state index in [4.69, 9.17) is 0 Å². The number of hydrogen-bond acceptors (Lipinski definition) is 4. The second-order valence-electron chi connectivity index (χ2n) is 6.13. The number of carbonyl (C=O) groups excluding carboxylic acids is 1. The van der Waals surface area contributed by atoms with E-state index in [9.17, 15) is 4.79 Å². The molecule has 0 bridgehead atoms. The summed E-state index contributed by atoms with van der Waals surface area (Å²) >= 11 is 0. The fourth-order valence-electron chi connectivity index (χ4n) is 2.82. The Hall–Kier alpha value is -2.76. The lowest BCUT2D eigenvalue weighted by atomic mass is 10.2. The topological polar surface area (TPSA) is 72.7 Å². The molecule has 0 unspecified atom stereocenters. The highest BCUT2D eigenvalue weighted by atomic mass is 16.1. The number of carbonyl (C=O) groups is 1. The largest absolute Gasteiger partial charge is 0.356 e. The van der Waals surface area contributed by atoms with Crippen LogP contribution in [0.25, 0.3) is 22.3 Å². The van der Waals surface area contributed by atoms with Crippen molar-refractivity contribution in [2.45, 2.75) is 31.7 Å². The highest BCUT2D eigenvalue weighted by Crippen LogP contribution is 2.37. The first-order valence-corrected chi connectivity index (χ1v) is 8.31. The van der Waals surface area contributed by atoms with E-state index in [2.05, 4.69) is 24.8 Å². The number of fused-ring (bicyclic) bond motifs is 1. The van der Waals surface area contributed by atoms with Crippen LogP contribution in [0.2, 0.25) is 0 Å². The molecular weight excluding hydrogens is 302 g/mol. The molecule has 3 aromatic rings. The molecule has 1 N–H and O–H groups in total. The van der Waals surface area contributed by atoms with Crippen molar-refractivity contribution < 1.29 is 4.79 Å². The number of imidazole rings is 1. The van der Waals surface area contributed by atoms with Gasteiger partial charge in [-0.05, 0) is 37.5 Å². The molecule has 6 nitrogen and oxygen atoms in total. The van der Waals surface area contributed by atoms with Gasteiger partial charge in [0.15, 0.2) is 0 Å². The molecule has 2 aliphatic rings. The van der Waals surface area contributed by atoms with Crippen LogP contribution >= 0.6 is 0 Å². The van der Waals surface area contributed by atoms with E-state index in [1.165, 1.54) is 12.8 Å². The van der Waals surface area contributed by atoms with E-state index in [1.54, 1.807) is 12.4 Å². The molecule has 5 rings (SSSR count). The molecule has 6 heteroatoms. The van der Waals surface area contributed by atoms with Crippen molar-refractivity contribution in [3.63, 3.8) is 0 Å². The van der Waals surface area contributed by atoms with E-state index >= 15 is 0 Å². The summed E-state index contributed by atoms with van der Waals surface area (Å²) in [6.07, 6.45) is 11.7. The van der Waals surface area contributed by atoms with Gasteiger partial charge in [-0.15, -0.1) is 0 Å². The predicted octanol–water partition coefficient (Wildman–Crippen LogP) is 2.72. The minimum atomic E-state index is 0.204. The average molecular weight is 321 g/mol. The van der Waals surface area contributed by atoms with Gasteiger partial charge in [0, 0.05) is 37.0 Å². The highest BCUT2D eigenvalue weighted by Gasteiger charge is 2.25. The van der Waals surface area contributed by atoms with Gasteiger partial charge >= 0.3 is 0 Å². The zero-order valence-corrected chi connectivity index (χ0v) is 13.4. The zero-order chi connectivity index (χ0) is 16.4. The van der Waals surface area contributed by atoms with Crippen LogP contribution in [0.5, 0.6) is 0 Å². The Morgan fingerprint density at radius 2 is 2.00 bits per heavy atom. The lowest BCUT2D eigenvalue weighted by Gasteiger charge is -2.02. The third-order valence-electron chi connectivity index (χ3n) is 4.28. The molecular formula is C18H19N5O. The maximum atomic E-state index is 10.1. The van der Waals surface area contributed by atoms with E-state index < -0.39 is 0 Å². The molecule has 1 aliphatic heterocycles. The summed E-state index contributed by atoms with van der Waals surface area (Å²) in [7, 11) is 0. The average Bonchev–Trinajstić information content (AvgIpc) is 3.20. The van der Waals surface area contributed by atoms with Crippen LogP contribution < -0.4 is 5.32 Å². The van der Waals surface area contributed by atoms with Crippen molar-refractivity contribution in [3.05, 3.63) is 43.1 Å². The molecule has 24 heavy (non-hydrogen) atoms. The van der Waals surface area contributed by atoms with E-state index in [0.29, 0.717) is 6.04 Å². The van der Waals surface area contributed by atoms with Gasteiger partial charge in [0.05, 0.1) is 29.3 Å². The molecule has 3 aromatic heterocycles. The van der Waals surface area contributed by atoms with Crippen molar-refractivity contribution in [1.29, 1.82) is 0 Å². The van der Waals surface area contributed by atoms with Gasteiger partial charge in [-0.1, -0.05) is 0 Å². The minimum Gasteiger partial charge on any atom is -0.356 e. The first kappa shape index (κ1) is 14.8. The Kier molecular flexibility index (Phi) is 3.94. The van der Waals surface area contributed by atoms with Gasteiger partial charge in [0.2, 0.25) is 5.91 Å². The molecule has 1 amide bonds. The fourth-order valence-corrected chi connectivity index (χ4v) is 2.82. The maximum absolute atomic E-state index is 10.1. The van der Waals surface area contributed by atoms with Crippen molar-refractivity contribution in [2.75, 3.05) is 6.54 Å². The summed E-state index contributed by atoms with van der Waals surface area (Å²) < 4.78 is 2.23. The van der Waals surface area contributed by atoms with Crippen molar-refractivity contribution in [1.82, 2.24) is 24.8 Å². The molecule has 1 aliphatic carbocycles. The Morgan fingerprint density at radius 1 is 1.17 bits per heavy atom. The molecule has 122 valence electrons. The van der Waals surface area contributed by atoms with Crippen molar-refractivity contribution in [2.24, 2.45) is 0 Å². The number of rotatable bonds is 2. The molecule has 0 atom stereocenters. The van der Waals surface area contributed by atoms with Gasteiger partial charge in [-0.25, -0.2) is 4.98 Å². The first-order chi connectivity index (χ1) is 11.8. The first-order valence-electron chi connectivity index (χ1n) is 8.31. The number of nitrogens with zero attached hydrogens (tertiary/aromatic N) is 4. The monoisotopic (exact) mass is 321 g/mol. The SMILES string of the molecule is O=C1CCCN1.c1cc(-c2cc3ncn(C4CC4)c3cn2)ccn1. The summed E-state index contributed by atoms with van der Waals surface area (Å²) in [5.41, 5.74) is 4.18. The van der Waals surface area contributed by atoms with Gasteiger partial charge < -0.3 is 9.88 Å². The Labute approximate surface area is 140 Å². The van der Waals surface area contributed by atoms with Crippen molar-refractivity contribution in [3.8, 4) is 11.3 Å². The van der Waals surface area contributed by atoms with Gasteiger partial charge in [0.25, 0.3) is 0 Å². The second kappa shape index (κ2) is 6.39. The van der Waals surface area contributed by atoms with Crippen LogP contribution in [0, 0.1) is 0 Å². The predicted molar refractivity (Wildman–Crippen MR) is 91.3 cm³/mol. The molecule has 0 aromatic carbocycles. The van der Waals surface area contributed by atoms with Crippen molar-refractivity contribution >= 4 is 16.9 Å². The Balaban J connectivity index is 0.000000207. The second-order valence-corrected chi connectivity index (χ2v) is 6.13. The van der Waals surface area contributed by atoms with E-state index in [0.717, 1.165) is 41.7 Å². The summed E-state index contributed by atoms with van der Waals surface area (Å²) in [5, 5.41) is 2.68. The van der Waals surface area contributed by atoms with Crippen LogP contribution in [0.4, 0.5) is 0 Å². The van der Waals surface area contributed by atoms with Crippen LogP contribution in [0.1, 0.15) is 31.7 Å². The number of hydrogen-bond donors (Lipinski definition) is 1. The van der Waals surface area contributed by atoms with Gasteiger partial charge in [-0.2, -0.15) is 0 Å². The van der Waals surface area contributed by atoms with Crippen LogP contribution in [-0.2, 0) is 4.79 Å². The summed E-state index contributed by atoms with van der Waals surface area (Å²) in [6.45, 7) is 0.888. The normalized spacial score (nSPS) is 16.6. The van der Waals surface area contributed by atoms with E-state index in [1.807, 2.05) is 30.7 Å². The van der Waals surface area contributed by atoms with Crippen LogP contribution in [0.3, 0.4) is 0 Å². The number of aromatic nitrogens is 4. The third-order valence-corrected chi connectivity index (χ3v) is 4.28. The lowest BCUT2D eigenvalue weighted by Crippen LogP contribution is -2.12. The molecule has 1 saturated heterocycles. The van der Waals surface area contributed by atoms with Crippen LogP contribution in [0.15, 0.2) is 43.1 Å². The smallest absolute Gasteiger partial charge is 0.220 e. The van der Waals surface area contributed by atoms with Crippen LogP contribution in [-0.4, -0.2) is 32.0 Å². The standard InChI is InChI=1S/C14H12N4.C4H7NO/c1-2-11(1)18-9-17-13-7-12(16-8-14(13)18)10-3-5-15-6-4-10;6-4-2-1-3-5-4/h3-9,11H,1-2H2;1-3H2,(H,5,6). The summed E-state index contributed by atoms with van der Waals surface area (Å²) in [5.74, 6) is 0.204. The van der Waals surface area contributed by atoms with E-state index in [-0.39, 0.29) is 5.91 Å². The van der Waals surface area contributed by atoms with Gasteiger partial charge in [-0.3, -0.25) is 14.8 Å². The number of nitrogens with one attached hydrogen (secondary N) is 1. The third kappa shape index (κ3) is 3.13. The Bertz CT molecular complexity index is 846. The maximum Gasteiger partial charge on any atom is 0.220 e. The summed E-state index contributed by atoms with van der Waals surface area (Å²) in [4.78, 5) is 23.2. The zero-order valence-electron chi connectivity index (χ0n) is 13.4.